The Kier molecular flexibility index (Phi) is 3.84. The normalized spacial score (nSPS) is 11.2. The fourth-order valence-electron chi connectivity index (χ4n) is 2.82. The van der Waals surface area contributed by atoms with Gasteiger partial charge in [0, 0.05) is 6.07 Å². The molecule has 2 aromatic carbocycles. The summed E-state index contributed by atoms with van der Waals surface area (Å²) in [5.74, 6) is -0.324. The van der Waals surface area contributed by atoms with Crippen molar-refractivity contribution in [2.45, 2.75) is 20.4 Å². The smallest absolute Gasteiger partial charge is 0.254 e. The molecule has 0 fully saturated rings. The van der Waals surface area contributed by atoms with Gasteiger partial charge in [0.25, 0.3) is 5.91 Å². The number of aromatic amines is 1. The van der Waals surface area contributed by atoms with Crippen LogP contribution in [-0.2, 0) is 6.54 Å². The van der Waals surface area contributed by atoms with Gasteiger partial charge in [-0.05, 0) is 32.0 Å². The predicted molar refractivity (Wildman–Crippen MR) is 96.2 cm³/mol. The number of hydrogen-bond acceptors (Lipinski definition) is 4. The van der Waals surface area contributed by atoms with Crippen LogP contribution in [0.2, 0.25) is 0 Å². The molecule has 0 unspecified atom stereocenters. The number of fused-ring (bicyclic) bond motifs is 2. The van der Waals surface area contributed by atoms with Crippen molar-refractivity contribution < 1.29 is 9.18 Å². The van der Waals surface area contributed by atoms with Gasteiger partial charge in [-0.25, -0.2) is 19.3 Å². The molecule has 0 saturated carbocycles. The Morgan fingerprint density at radius 3 is 2.65 bits per heavy atom. The number of nitrogens with zero attached hydrogens (tertiary/aromatic N) is 3. The Morgan fingerprint density at radius 1 is 1.08 bits per heavy atom. The van der Waals surface area contributed by atoms with Gasteiger partial charge >= 0.3 is 0 Å². The molecule has 0 spiro atoms. The maximum Gasteiger partial charge on any atom is 0.254 e. The van der Waals surface area contributed by atoms with Gasteiger partial charge in [0.15, 0.2) is 0 Å². The molecule has 26 heavy (non-hydrogen) atoms. The van der Waals surface area contributed by atoms with E-state index in [9.17, 15) is 9.18 Å². The van der Waals surface area contributed by atoms with Crippen LogP contribution >= 0.6 is 0 Å². The van der Waals surface area contributed by atoms with E-state index in [0.29, 0.717) is 28.2 Å². The van der Waals surface area contributed by atoms with Crippen molar-refractivity contribution in [3.05, 3.63) is 65.0 Å². The average Bonchev–Trinajstić information content (AvgIpc) is 3.03. The predicted octanol–water partition coefficient (Wildman–Crippen LogP) is 3.19. The van der Waals surface area contributed by atoms with E-state index >= 15 is 0 Å². The standard InChI is InChI=1S/C19H16FN5O/c1-10-11(2)23-18-13(7-12(20)8-16(18)22-10)19(26)21-9-17-24-14-5-3-4-6-15(14)25-17/h3-8H,9H2,1-2H3,(H,21,26)(H,24,25). The summed E-state index contributed by atoms with van der Waals surface area (Å²) in [4.78, 5) is 28.9. The molecule has 6 nitrogen and oxygen atoms in total. The lowest BCUT2D eigenvalue weighted by Gasteiger charge is -2.08. The minimum absolute atomic E-state index is 0.159. The summed E-state index contributed by atoms with van der Waals surface area (Å²) in [6, 6.07) is 10.1. The van der Waals surface area contributed by atoms with Crippen LogP contribution in [0.3, 0.4) is 0 Å². The number of benzene rings is 2. The third kappa shape index (κ3) is 2.88. The molecule has 0 aliphatic carbocycles. The number of carbonyl (C=O) groups is 1. The first-order valence-electron chi connectivity index (χ1n) is 8.17. The molecule has 0 bridgehead atoms. The molecule has 2 heterocycles. The molecule has 4 rings (SSSR count). The average molecular weight is 349 g/mol. The number of aryl methyl sites for hydroxylation is 2. The molecular formula is C19H16FN5O. The third-order valence-electron chi connectivity index (χ3n) is 4.25. The number of aromatic nitrogens is 4. The van der Waals surface area contributed by atoms with Gasteiger partial charge in [-0.2, -0.15) is 0 Å². The van der Waals surface area contributed by atoms with Crippen molar-refractivity contribution in [2.75, 3.05) is 0 Å². The Balaban J connectivity index is 1.64. The van der Waals surface area contributed by atoms with Gasteiger partial charge in [-0.15, -0.1) is 0 Å². The molecule has 2 aromatic heterocycles. The highest BCUT2D eigenvalue weighted by Gasteiger charge is 2.16. The van der Waals surface area contributed by atoms with Crippen molar-refractivity contribution in [1.29, 1.82) is 0 Å². The summed E-state index contributed by atoms with van der Waals surface area (Å²) >= 11 is 0. The molecule has 1 amide bonds. The molecule has 0 radical (unpaired) electrons. The summed E-state index contributed by atoms with van der Waals surface area (Å²) in [7, 11) is 0. The molecule has 130 valence electrons. The van der Waals surface area contributed by atoms with Crippen LogP contribution in [0.5, 0.6) is 0 Å². The van der Waals surface area contributed by atoms with Crippen LogP contribution in [-0.4, -0.2) is 25.8 Å². The van der Waals surface area contributed by atoms with Gasteiger partial charge in [0.2, 0.25) is 0 Å². The van der Waals surface area contributed by atoms with Gasteiger partial charge < -0.3 is 10.3 Å². The van der Waals surface area contributed by atoms with Crippen LogP contribution in [0.25, 0.3) is 22.1 Å². The number of imidazole rings is 1. The van der Waals surface area contributed by atoms with E-state index in [-0.39, 0.29) is 12.1 Å². The molecule has 0 aliphatic rings. The second kappa shape index (κ2) is 6.18. The van der Waals surface area contributed by atoms with Crippen molar-refractivity contribution in [2.24, 2.45) is 0 Å². The molecule has 0 atom stereocenters. The second-order valence-electron chi connectivity index (χ2n) is 6.10. The maximum absolute atomic E-state index is 13.9. The summed E-state index contributed by atoms with van der Waals surface area (Å²) in [5.41, 5.74) is 4.03. The topological polar surface area (TPSA) is 83.6 Å². The van der Waals surface area contributed by atoms with E-state index in [1.807, 2.05) is 24.3 Å². The van der Waals surface area contributed by atoms with Crippen molar-refractivity contribution >= 4 is 28.0 Å². The molecule has 0 saturated heterocycles. The van der Waals surface area contributed by atoms with E-state index in [2.05, 4.69) is 25.3 Å². The van der Waals surface area contributed by atoms with Crippen LogP contribution in [0, 0.1) is 19.7 Å². The SMILES string of the molecule is Cc1nc2cc(F)cc(C(=O)NCc3nc4ccccc4[nH]3)c2nc1C. The first-order chi connectivity index (χ1) is 12.5. The van der Waals surface area contributed by atoms with Gasteiger partial charge in [-0.1, -0.05) is 12.1 Å². The van der Waals surface area contributed by atoms with Crippen molar-refractivity contribution in [3.63, 3.8) is 0 Å². The van der Waals surface area contributed by atoms with Crippen molar-refractivity contribution in [3.8, 4) is 0 Å². The van der Waals surface area contributed by atoms with Gasteiger partial charge in [0.05, 0.1) is 40.0 Å². The van der Waals surface area contributed by atoms with Crippen LogP contribution < -0.4 is 5.32 Å². The number of halogens is 1. The quantitative estimate of drug-likeness (QED) is 0.595. The van der Waals surface area contributed by atoms with E-state index in [1.165, 1.54) is 12.1 Å². The van der Waals surface area contributed by atoms with Crippen LogP contribution in [0.15, 0.2) is 36.4 Å². The minimum Gasteiger partial charge on any atom is -0.345 e. The monoisotopic (exact) mass is 349 g/mol. The summed E-state index contributed by atoms with van der Waals surface area (Å²) < 4.78 is 13.9. The van der Waals surface area contributed by atoms with E-state index in [1.54, 1.807) is 13.8 Å². The first kappa shape index (κ1) is 16.1. The molecule has 0 aliphatic heterocycles. The van der Waals surface area contributed by atoms with E-state index < -0.39 is 11.7 Å². The van der Waals surface area contributed by atoms with Crippen LogP contribution in [0.1, 0.15) is 27.6 Å². The molecule has 7 heteroatoms. The summed E-state index contributed by atoms with van der Waals surface area (Å²) in [6.45, 7) is 3.80. The number of carbonyl (C=O) groups excluding carboxylic acids is 1. The molecular weight excluding hydrogens is 333 g/mol. The Morgan fingerprint density at radius 2 is 1.85 bits per heavy atom. The number of amides is 1. The van der Waals surface area contributed by atoms with Crippen LogP contribution in [0.4, 0.5) is 4.39 Å². The number of hydrogen-bond donors (Lipinski definition) is 2. The highest BCUT2D eigenvalue weighted by molar-refractivity contribution is 6.04. The molecule has 2 N–H and O–H groups in total. The number of rotatable bonds is 3. The lowest BCUT2D eigenvalue weighted by atomic mass is 10.1. The summed E-state index contributed by atoms with van der Waals surface area (Å²) in [6.07, 6.45) is 0. The Labute approximate surface area is 148 Å². The molecule has 4 aromatic rings. The lowest BCUT2D eigenvalue weighted by Crippen LogP contribution is -2.24. The van der Waals surface area contributed by atoms with Gasteiger partial charge in [-0.3, -0.25) is 4.79 Å². The lowest BCUT2D eigenvalue weighted by molar-refractivity contribution is 0.0951. The number of nitrogens with one attached hydrogen (secondary N) is 2. The first-order valence-corrected chi connectivity index (χ1v) is 8.17. The van der Waals surface area contributed by atoms with E-state index in [0.717, 1.165) is 11.0 Å². The number of para-hydroxylation sites is 2. The Bertz CT molecular complexity index is 1120. The summed E-state index contributed by atoms with van der Waals surface area (Å²) in [5, 5.41) is 2.76. The second-order valence-corrected chi connectivity index (χ2v) is 6.10. The zero-order chi connectivity index (χ0) is 18.3. The van der Waals surface area contributed by atoms with E-state index in [4.69, 9.17) is 0 Å². The minimum atomic E-state index is -0.524. The van der Waals surface area contributed by atoms with Gasteiger partial charge in [0.1, 0.15) is 17.2 Å². The Hall–Kier alpha value is -3.35. The van der Waals surface area contributed by atoms with Crippen molar-refractivity contribution in [1.82, 2.24) is 25.3 Å². The fraction of sp³-hybridized carbons (Fsp3) is 0.158. The largest absolute Gasteiger partial charge is 0.345 e. The zero-order valence-electron chi connectivity index (χ0n) is 14.3. The maximum atomic E-state index is 13.9. The highest BCUT2D eigenvalue weighted by Crippen LogP contribution is 2.19. The zero-order valence-corrected chi connectivity index (χ0v) is 14.3. The fourth-order valence-corrected chi connectivity index (χ4v) is 2.82. The number of H-pyrrole nitrogens is 1. The third-order valence-corrected chi connectivity index (χ3v) is 4.25. The highest BCUT2D eigenvalue weighted by atomic mass is 19.1.